The van der Waals surface area contributed by atoms with Crippen LogP contribution in [-0.2, 0) is 25.3 Å². The van der Waals surface area contributed by atoms with Gasteiger partial charge in [0.15, 0.2) is 5.82 Å². The summed E-state index contributed by atoms with van der Waals surface area (Å²) in [4.78, 5) is 7.48. The number of fused-ring (bicyclic) bond motifs is 1. The van der Waals surface area contributed by atoms with Gasteiger partial charge >= 0.3 is 0 Å². The fourth-order valence-corrected chi connectivity index (χ4v) is 5.33. The van der Waals surface area contributed by atoms with Crippen molar-refractivity contribution in [2.75, 3.05) is 19.6 Å². The Morgan fingerprint density at radius 3 is 2.93 bits per heavy atom. The van der Waals surface area contributed by atoms with E-state index in [-0.39, 0.29) is 5.41 Å². The second kappa shape index (κ2) is 7.75. The van der Waals surface area contributed by atoms with Gasteiger partial charge in [-0.3, -0.25) is 4.68 Å². The van der Waals surface area contributed by atoms with E-state index in [1.54, 1.807) is 0 Å². The molecule has 2 aliphatic rings. The largest absolute Gasteiger partial charge is 0.339 e. The Kier molecular flexibility index (Phi) is 4.96. The van der Waals surface area contributed by atoms with Crippen LogP contribution in [0.3, 0.4) is 0 Å². The van der Waals surface area contributed by atoms with Crippen LogP contribution >= 0.6 is 0 Å². The van der Waals surface area contributed by atoms with Crippen LogP contribution in [0.25, 0.3) is 0 Å². The van der Waals surface area contributed by atoms with Crippen LogP contribution in [0.2, 0.25) is 0 Å². The molecule has 0 spiro atoms. The highest BCUT2D eigenvalue weighted by Gasteiger charge is 2.53. The van der Waals surface area contributed by atoms with Crippen molar-refractivity contribution in [1.82, 2.24) is 24.8 Å². The molecule has 6 heteroatoms. The molecule has 0 amide bonds. The summed E-state index contributed by atoms with van der Waals surface area (Å²) in [6, 6.07) is 10.4. The molecular weight excluding hydrogens is 362 g/mol. The van der Waals surface area contributed by atoms with E-state index >= 15 is 0 Å². The molecule has 29 heavy (non-hydrogen) atoms. The molecule has 0 N–H and O–H groups in total. The van der Waals surface area contributed by atoms with Gasteiger partial charge in [-0.25, -0.2) is 0 Å². The fraction of sp³-hybridized carbons (Fsp3) is 0.522. The molecule has 2 fully saturated rings. The van der Waals surface area contributed by atoms with Gasteiger partial charge in [0, 0.05) is 32.8 Å². The minimum absolute atomic E-state index is 0.0657. The lowest BCUT2D eigenvalue weighted by molar-refractivity contribution is 0.246. The fourth-order valence-electron chi connectivity index (χ4n) is 5.33. The number of hydrogen-bond acceptors (Lipinski definition) is 5. The van der Waals surface area contributed by atoms with Crippen molar-refractivity contribution < 1.29 is 4.52 Å². The van der Waals surface area contributed by atoms with Crippen molar-refractivity contribution >= 4 is 0 Å². The highest BCUT2D eigenvalue weighted by molar-refractivity contribution is 5.21. The van der Waals surface area contributed by atoms with Gasteiger partial charge < -0.3 is 9.42 Å². The molecule has 1 aliphatic heterocycles. The van der Waals surface area contributed by atoms with Gasteiger partial charge in [-0.1, -0.05) is 41.9 Å². The standard InChI is InChI=1S/C23H29N5O/c1-27-15-19(14-24-27)9-6-12-28-16-20-10-5-11-23(20,17-28)22-25-21(26-29-22)13-18-7-3-2-4-8-18/h2-4,7-8,14-15,20H,5-6,9-13,16-17H2,1H3/t20-,23-/m1/s1. The van der Waals surface area contributed by atoms with Gasteiger partial charge in [-0.2, -0.15) is 10.1 Å². The molecule has 0 bridgehead atoms. The van der Waals surface area contributed by atoms with Crippen molar-refractivity contribution in [2.45, 2.75) is 43.9 Å². The molecule has 1 saturated carbocycles. The lowest BCUT2D eigenvalue weighted by atomic mass is 9.80. The predicted molar refractivity (Wildman–Crippen MR) is 111 cm³/mol. The first kappa shape index (κ1) is 18.6. The van der Waals surface area contributed by atoms with Crippen LogP contribution in [-0.4, -0.2) is 44.5 Å². The first-order valence-electron chi connectivity index (χ1n) is 10.8. The summed E-state index contributed by atoms with van der Waals surface area (Å²) in [6.45, 7) is 3.33. The summed E-state index contributed by atoms with van der Waals surface area (Å²) in [5, 5.41) is 8.60. The van der Waals surface area contributed by atoms with Crippen molar-refractivity contribution in [3.8, 4) is 0 Å². The quantitative estimate of drug-likeness (QED) is 0.618. The Labute approximate surface area is 171 Å². The molecule has 1 aliphatic carbocycles. The highest BCUT2D eigenvalue weighted by atomic mass is 16.5. The first-order valence-corrected chi connectivity index (χ1v) is 10.8. The second-order valence-electron chi connectivity index (χ2n) is 8.78. The molecule has 152 valence electrons. The van der Waals surface area contributed by atoms with Gasteiger partial charge in [0.2, 0.25) is 5.89 Å². The van der Waals surface area contributed by atoms with Gasteiger partial charge in [-0.05, 0) is 49.3 Å². The minimum atomic E-state index is 0.0657. The molecule has 2 atom stereocenters. The first-order chi connectivity index (χ1) is 14.2. The molecule has 2 aromatic heterocycles. The Morgan fingerprint density at radius 2 is 2.10 bits per heavy atom. The molecule has 0 radical (unpaired) electrons. The smallest absolute Gasteiger partial charge is 0.234 e. The summed E-state index contributed by atoms with van der Waals surface area (Å²) in [5.74, 6) is 2.33. The number of benzene rings is 1. The molecule has 0 unspecified atom stereocenters. The Hall–Kier alpha value is -2.47. The van der Waals surface area contributed by atoms with Crippen molar-refractivity contribution in [2.24, 2.45) is 13.0 Å². The second-order valence-corrected chi connectivity index (χ2v) is 8.78. The zero-order valence-electron chi connectivity index (χ0n) is 17.1. The number of hydrogen-bond donors (Lipinski definition) is 0. The number of likely N-dealkylation sites (tertiary alicyclic amines) is 1. The molecule has 3 aromatic rings. The van der Waals surface area contributed by atoms with Crippen LogP contribution in [0, 0.1) is 5.92 Å². The third-order valence-electron chi connectivity index (χ3n) is 6.74. The summed E-state index contributed by atoms with van der Waals surface area (Å²) < 4.78 is 7.73. The topological polar surface area (TPSA) is 60.0 Å². The monoisotopic (exact) mass is 391 g/mol. The third kappa shape index (κ3) is 3.73. The van der Waals surface area contributed by atoms with E-state index in [0.29, 0.717) is 5.92 Å². The van der Waals surface area contributed by atoms with Crippen LogP contribution in [0.5, 0.6) is 0 Å². The molecule has 1 saturated heterocycles. The normalized spacial score (nSPS) is 24.2. The third-order valence-corrected chi connectivity index (χ3v) is 6.74. The van der Waals surface area contributed by atoms with Crippen molar-refractivity contribution in [3.63, 3.8) is 0 Å². The Morgan fingerprint density at radius 1 is 1.21 bits per heavy atom. The maximum Gasteiger partial charge on any atom is 0.234 e. The zero-order valence-corrected chi connectivity index (χ0v) is 17.1. The van der Waals surface area contributed by atoms with E-state index in [4.69, 9.17) is 9.51 Å². The van der Waals surface area contributed by atoms with Crippen LogP contribution in [0.4, 0.5) is 0 Å². The number of rotatable bonds is 7. The van der Waals surface area contributed by atoms with Gasteiger partial charge in [-0.15, -0.1) is 0 Å². The zero-order chi connectivity index (χ0) is 19.7. The maximum atomic E-state index is 5.85. The molecular formula is C23H29N5O. The minimum Gasteiger partial charge on any atom is -0.339 e. The number of nitrogens with zero attached hydrogens (tertiary/aromatic N) is 5. The van der Waals surface area contributed by atoms with E-state index in [1.807, 2.05) is 24.0 Å². The number of aromatic nitrogens is 4. The van der Waals surface area contributed by atoms with E-state index in [1.165, 1.54) is 30.4 Å². The average Bonchev–Trinajstić information content (AvgIpc) is 3.47. The Bertz CT molecular complexity index is 949. The molecule has 3 heterocycles. The lowest BCUT2D eigenvalue weighted by Crippen LogP contribution is -2.32. The molecule has 6 nitrogen and oxygen atoms in total. The van der Waals surface area contributed by atoms with E-state index in [0.717, 1.165) is 50.6 Å². The van der Waals surface area contributed by atoms with Crippen LogP contribution in [0.1, 0.15) is 48.5 Å². The van der Waals surface area contributed by atoms with Crippen molar-refractivity contribution in [3.05, 3.63) is 65.6 Å². The summed E-state index contributed by atoms with van der Waals surface area (Å²) in [7, 11) is 1.98. The number of aryl methyl sites for hydroxylation is 2. The van der Waals surface area contributed by atoms with Gasteiger partial charge in [0.1, 0.15) is 0 Å². The molecule has 5 rings (SSSR count). The Balaban J connectivity index is 1.24. The maximum absolute atomic E-state index is 5.85. The van der Waals surface area contributed by atoms with Crippen LogP contribution < -0.4 is 0 Å². The van der Waals surface area contributed by atoms with Gasteiger partial charge in [0.05, 0.1) is 11.6 Å². The SMILES string of the molecule is Cn1cc(CCCN2C[C@H]3CCC[C@@]3(c3nc(Cc4ccccc4)no3)C2)cn1. The predicted octanol–water partition coefficient (Wildman–Crippen LogP) is 3.38. The lowest BCUT2D eigenvalue weighted by Gasteiger charge is -2.24. The van der Waals surface area contributed by atoms with Crippen molar-refractivity contribution in [1.29, 1.82) is 0 Å². The summed E-state index contributed by atoms with van der Waals surface area (Å²) >= 11 is 0. The van der Waals surface area contributed by atoms with E-state index in [9.17, 15) is 0 Å². The van der Waals surface area contributed by atoms with Gasteiger partial charge in [0.25, 0.3) is 0 Å². The van der Waals surface area contributed by atoms with E-state index < -0.39 is 0 Å². The van der Waals surface area contributed by atoms with Crippen LogP contribution in [0.15, 0.2) is 47.2 Å². The summed E-state index contributed by atoms with van der Waals surface area (Å²) in [6.07, 6.45) is 10.8. The van der Waals surface area contributed by atoms with E-state index in [2.05, 4.69) is 45.6 Å². The molecule has 1 aromatic carbocycles. The average molecular weight is 392 g/mol. The highest BCUT2D eigenvalue weighted by Crippen LogP contribution is 2.49. The summed E-state index contributed by atoms with van der Waals surface area (Å²) in [5.41, 5.74) is 2.61.